The van der Waals surface area contributed by atoms with Crippen LogP contribution in [0.2, 0.25) is 0 Å². The molecule has 1 saturated carbocycles. The molecule has 8 heteroatoms. The van der Waals surface area contributed by atoms with Gasteiger partial charge in [0.25, 0.3) is 0 Å². The zero-order chi connectivity index (χ0) is 14.9. The van der Waals surface area contributed by atoms with E-state index in [4.69, 9.17) is 5.11 Å². The summed E-state index contributed by atoms with van der Waals surface area (Å²) in [7, 11) is 0. The number of hydrogen-bond acceptors (Lipinski definition) is 2. The zero-order valence-corrected chi connectivity index (χ0v) is 10.2. The summed E-state index contributed by atoms with van der Waals surface area (Å²) in [5.41, 5.74) is -0.276. The molecule has 1 aliphatic rings. The lowest BCUT2D eigenvalue weighted by molar-refractivity contribution is -0.137. The Hall–Kier alpha value is -2.25. The number of rotatable bonds is 4. The van der Waals surface area contributed by atoms with Crippen LogP contribution in [-0.4, -0.2) is 34.6 Å². The molecule has 0 unspecified atom stereocenters. The molecule has 2 rings (SSSR count). The van der Waals surface area contributed by atoms with Gasteiger partial charge >= 0.3 is 12.0 Å². The summed E-state index contributed by atoms with van der Waals surface area (Å²) in [5.74, 6) is -5.69. The number of anilines is 1. The van der Waals surface area contributed by atoms with Gasteiger partial charge in [0.05, 0.1) is 0 Å². The van der Waals surface area contributed by atoms with Crippen molar-refractivity contribution in [1.29, 1.82) is 0 Å². The average molecular weight is 288 g/mol. The van der Waals surface area contributed by atoms with Gasteiger partial charge in [-0.1, -0.05) is 0 Å². The molecule has 0 aromatic heterocycles. The van der Waals surface area contributed by atoms with E-state index in [1.165, 1.54) is 0 Å². The van der Waals surface area contributed by atoms with Gasteiger partial charge in [-0.15, -0.1) is 0 Å². The van der Waals surface area contributed by atoms with Gasteiger partial charge < -0.3 is 15.3 Å². The van der Waals surface area contributed by atoms with Crippen LogP contribution in [0.1, 0.15) is 12.8 Å². The Morgan fingerprint density at radius 3 is 2.25 bits per heavy atom. The number of benzene rings is 1. The maximum atomic E-state index is 13.0. The number of carboxylic acids is 1. The summed E-state index contributed by atoms with van der Waals surface area (Å²) in [6.45, 7) is -0.511. The molecule has 1 fully saturated rings. The molecule has 2 N–H and O–H groups in total. The molecule has 1 aromatic carbocycles. The number of urea groups is 1. The number of carboxylic acid groups (broad SMARTS) is 1. The van der Waals surface area contributed by atoms with Crippen LogP contribution in [-0.2, 0) is 4.79 Å². The molecule has 0 atom stereocenters. The molecule has 108 valence electrons. The first-order valence-electron chi connectivity index (χ1n) is 5.82. The highest BCUT2D eigenvalue weighted by atomic mass is 19.2. The maximum Gasteiger partial charge on any atom is 0.323 e. The van der Waals surface area contributed by atoms with Crippen LogP contribution in [0.25, 0.3) is 0 Å². The SMILES string of the molecule is O=C(O)CN(C(=O)Nc1cc(F)c(F)c(F)c1)C1CC1. The largest absolute Gasteiger partial charge is 0.480 e. The minimum atomic E-state index is -1.63. The van der Waals surface area contributed by atoms with Crippen molar-refractivity contribution < 1.29 is 27.9 Å². The van der Waals surface area contributed by atoms with Gasteiger partial charge in [0, 0.05) is 23.9 Å². The zero-order valence-electron chi connectivity index (χ0n) is 10.2. The van der Waals surface area contributed by atoms with Crippen molar-refractivity contribution in [3.63, 3.8) is 0 Å². The van der Waals surface area contributed by atoms with E-state index in [0.29, 0.717) is 25.0 Å². The van der Waals surface area contributed by atoms with E-state index < -0.39 is 36.0 Å². The molecule has 0 bridgehead atoms. The van der Waals surface area contributed by atoms with Crippen LogP contribution < -0.4 is 5.32 Å². The molecular weight excluding hydrogens is 277 g/mol. The second kappa shape index (κ2) is 5.40. The van der Waals surface area contributed by atoms with E-state index in [1.54, 1.807) is 0 Å². The standard InChI is InChI=1S/C12H11F3N2O3/c13-8-3-6(4-9(14)11(8)15)16-12(20)17(5-10(18)19)7-1-2-7/h3-4,7H,1-2,5H2,(H,16,20)(H,18,19). The molecule has 0 radical (unpaired) electrons. The van der Waals surface area contributed by atoms with E-state index >= 15 is 0 Å². The average Bonchev–Trinajstić information content (AvgIpc) is 3.16. The normalized spacial score (nSPS) is 13.9. The van der Waals surface area contributed by atoms with Gasteiger partial charge in [-0.05, 0) is 12.8 Å². The minimum Gasteiger partial charge on any atom is -0.480 e. The summed E-state index contributed by atoms with van der Waals surface area (Å²) < 4.78 is 38.8. The fourth-order valence-electron chi connectivity index (χ4n) is 1.72. The Morgan fingerprint density at radius 1 is 1.25 bits per heavy atom. The first-order valence-corrected chi connectivity index (χ1v) is 5.82. The number of nitrogens with zero attached hydrogens (tertiary/aromatic N) is 1. The smallest absolute Gasteiger partial charge is 0.323 e. The first-order chi connectivity index (χ1) is 9.38. The molecular formula is C12H11F3N2O3. The van der Waals surface area contributed by atoms with E-state index in [-0.39, 0.29) is 11.7 Å². The first kappa shape index (κ1) is 14.2. The molecule has 0 spiro atoms. The summed E-state index contributed by atoms with van der Waals surface area (Å²) >= 11 is 0. The minimum absolute atomic E-state index is 0.193. The lowest BCUT2D eigenvalue weighted by atomic mass is 10.3. The van der Waals surface area contributed by atoms with Crippen molar-refractivity contribution in [2.24, 2.45) is 0 Å². The van der Waals surface area contributed by atoms with Crippen molar-refractivity contribution in [1.82, 2.24) is 4.90 Å². The van der Waals surface area contributed by atoms with Crippen molar-refractivity contribution in [3.8, 4) is 0 Å². The molecule has 1 aliphatic carbocycles. The second-order valence-corrected chi connectivity index (χ2v) is 4.44. The predicted molar refractivity (Wildman–Crippen MR) is 62.7 cm³/mol. The van der Waals surface area contributed by atoms with Crippen molar-refractivity contribution in [3.05, 3.63) is 29.6 Å². The molecule has 5 nitrogen and oxygen atoms in total. The number of carbonyl (C=O) groups excluding carboxylic acids is 1. The number of aliphatic carboxylic acids is 1. The Balaban J connectivity index is 2.11. The molecule has 0 aliphatic heterocycles. The Morgan fingerprint density at radius 2 is 1.80 bits per heavy atom. The van der Waals surface area contributed by atoms with Gasteiger partial charge in [0.15, 0.2) is 17.5 Å². The molecule has 20 heavy (non-hydrogen) atoms. The van der Waals surface area contributed by atoms with Crippen molar-refractivity contribution >= 4 is 17.7 Å². The predicted octanol–water partition coefficient (Wildman–Crippen LogP) is 2.18. The quantitative estimate of drug-likeness (QED) is 0.834. The van der Waals surface area contributed by atoms with Gasteiger partial charge in [-0.3, -0.25) is 4.79 Å². The monoisotopic (exact) mass is 288 g/mol. The fraction of sp³-hybridized carbons (Fsp3) is 0.333. The summed E-state index contributed by atoms with van der Waals surface area (Å²) in [6.07, 6.45) is 1.35. The summed E-state index contributed by atoms with van der Waals surface area (Å²) in [4.78, 5) is 23.6. The second-order valence-electron chi connectivity index (χ2n) is 4.44. The lowest BCUT2D eigenvalue weighted by Gasteiger charge is -2.20. The third kappa shape index (κ3) is 3.19. The van der Waals surface area contributed by atoms with Gasteiger partial charge in [0.2, 0.25) is 0 Å². The Bertz CT molecular complexity index is 538. The summed E-state index contributed by atoms with van der Waals surface area (Å²) in [6, 6.07) is 0.270. The number of halogens is 3. The molecule has 0 heterocycles. The van der Waals surface area contributed by atoms with Gasteiger partial charge in [0.1, 0.15) is 6.54 Å². The highest BCUT2D eigenvalue weighted by Gasteiger charge is 2.34. The van der Waals surface area contributed by atoms with E-state index in [9.17, 15) is 22.8 Å². The van der Waals surface area contributed by atoms with Crippen LogP contribution in [0, 0.1) is 17.5 Å². The topological polar surface area (TPSA) is 69.6 Å². The third-order valence-electron chi connectivity index (χ3n) is 2.79. The lowest BCUT2D eigenvalue weighted by Crippen LogP contribution is -2.40. The fourth-order valence-corrected chi connectivity index (χ4v) is 1.72. The number of carbonyl (C=O) groups is 2. The Kier molecular flexibility index (Phi) is 3.82. The van der Waals surface area contributed by atoms with Crippen molar-refractivity contribution in [2.45, 2.75) is 18.9 Å². The van der Waals surface area contributed by atoms with Crippen LogP contribution in [0.4, 0.5) is 23.7 Å². The summed E-state index contributed by atoms with van der Waals surface area (Å²) in [5, 5.41) is 10.9. The van der Waals surface area contributed by atoms with E-state index in [0.717, 1.165) is 4.90 Å². The van der Waals surface area contributed by atoms with Crippen LogP contribution in [0.15, 0.2) is 12.1 Å². The van der Waals surface area contributed by atoms with Gasteiger partial charge in [-0.2, -0.15) is 0 Å². The Labute approximate surface area is 112 Å². The van der Waals surface area contributed by atoms with Crippen molar-refractivity contribution in [2.75, 3.05) is 11.9 Å². The van der Waals surface area contributed by atoms with E-state index in [1.807, 2.05) is 0 Å². The van der Waals surface area contributed by atoms with Crippen LogP contribution >= 0.6 is 0 Å². The number of amides is 2. The molecule has 1 aromatic rings. The van der Waals surface area contributed by atoms with Crippen LogP contribution in [0.3, 0.4) is 0 Å². The third-order valence-corrected chi connectivity index (χ3v) is 2.79. The highest BCUT2D eigenvalue weighted by Crippen LogP contribution is 2.27. The van der Waals surface area contributed by atoms with E-state index in [2.05, 4.69) is 5.32 Å². The number of hydrogen-bond donors (Lipinski definition) is 2. The number of nitrogens with one attached hydrogen (secondary N) is 1. The highest BCUT2D eigenvalue weighted by molar-refractivity contribution is 5.91. The van der Waals surface area contributed by atoms with Crippen LogP contribution in [0.5, 0.6) is 0 Å². The molecule has 2 amide bonds. The van der Waals surface area contributed by atoms with Gasteiger partial charge in [-0.25, -0.2) is 18.0 Å². The maximum absolute atomic E-state index is 13.0. The molecule has 0 saturated heterocycles.